The maximum absolute atomic E-state index is 5.74. The molecule has 0 spiro atoms. The highest BCUT2D eigenvalue weighted by Crippen LogP contribution is 2.19. The Morgan fingerprint density at radius 1 is 1.18 bits per heavy atom. The molecule has 1 aromatic heterocycles. The predicted octanol–water partition coefficient (Wildman–Crippen LogP) is 2.33. The summed E-state index contributed by atoms with van der Waals surface area (Å²) in [5, 5.41) is 0.553. The van der Waals surface area contributed by atoms with Gasteiger partial charge in [-0.05, 0) is 37.3 Å². The minimum Gasteiger partial charge on any atom is -0.332 e. The molecule has 3 heteroatoms. The first-order chi connectivity index (χ1) is 5.36. The summed E-state index contributed by atoms with van der Waals surface area (Å²) in [6.07, 6.45) is 6.06. The van der Waals surface area contributed by atoms with Gasteiger partial charge in [0.25, 0.3) is 0 Å². The van der Waals surface area contributed by atoms with Gasteiger partial charge in [-0.25, -0.2) is 4.98 Å². The molecule has 0 fully saturated rings. The van der Waals surface area contributed by atoms with Crippen LogP contribution < -0.4 is 0 Å². The molecule has 0 aromatic carbocycles. The number of hydrogen-bond acceptors (Lipinski definition) is 1. The zero-order valence-electron chi connectivity index (χ0n) is 6.36. The van der Waals surface area contributed by atoms with Crippen LogP contribution in [0.4, 0.5) is 0 Å². The van der Waals surface area contributed by atoms with Crippen LogP contribution in [0.5, 0.6) is 0 Å². The lowest BCUT2D eigenvalue weighted by Gasteiger charge is -1.91. The molecule has 1 aliphatic carbocycles. The molecule has 0 unspecified atom stereocenters. The standard InChI is InChI=1S/C8H11ClN2/c9-8-10-6-4-2-1-3-5-7(6)11-8/h1-5H2,(H,10,11). The van der Waals surface area contributed by atoms with Crippen LogP contribution in [-0.2, 0) is 12.8 Å². The first kappa shape index (κ1) is 7.17. The zero-order valence-corrected chi connectivity index (χ0v) is 7.12. The Labute approximate surface area is 71.0 Å². The molecule has 11 heavy (non-hydrogen) atoms. The van der Waals surface area contributed by atoms with Crippen molar-refractivity contribution in [3.8, 4) is 0 Å². The number of halogens is 1. The van der Waals surface area contributed by atoms with E-state index in [0.29, 0.717) is 5.28 Å². The van der Waals surface area contributed by atoms with Gasteiger partial charge >= 0.3 is 0 Å². The van der Waals surface area contributed by atoms with E-state index in [-0.39, 0.29) is 0 Å². The molecule has 1 aromatic rings. The van der Waals surface area contributed by atoms with Crippen LogP contribution in [0.2, 0.25) is 5.28 Å². The third-order valence-corrected chi connectivity index (χ3v) is 2.35. The van der Waals surface area contributed by atoms with Crippen molar-refractivity contribution in [2.24, 2.45) is 0 Å². The number of rotatable bonds is 0. The topological polar surface area (TPSA) is 28.7 Å². The maximum Gasteiger partial charge on any atom is 0.200 e. The number of aryl methyl sites for hydroxylation is 2. The number of nitrogens with zero attached hydrogens (tertiary/aromatic N) is 1. The Kier molecular flexibility index (Phi) is 1.86. The van der Waals surface area contributed by atoms with E-state index in [2.05, 4.69) is 9.97 Å². The van der Waals surface area contributed by atoms with E-state index < -0.39 is 0 Å². The fourth-order valence-corrected chi connectivity index (χ4v) is 1.81. The van der Waals surface area contributed by atoms with Crippen molar-refractivity contribution in [2.75, 3.05) is 0 Å². The van der Waals surface area contributed by atoms with Gasteiger partial charge in [0.1, 0.15) is 0 Å². The van der Waals surface area contributed by atoms with E-state index in [1.54, 1.807) is 0 Å². The first-order valence-electron chi connectivity index (χ1n) is 4.09. The number of aromatic amines is 1. The summed E-state index contributed by atoms with van der Waals surface area (Å²) in [6, 6.07) is 0. The molecular weight excluding hydrogens is 160 g/mol. The van der Waals surface area contributed by atoms with E-state index in [1.807, 2.05) is 0 Å². The maximum atomic E-state index is 5.74. The normalized spacial score (nSPS) is 17.5. The van der Waals surface area contributed by atoms with Crippen molar-refractivity contribution in [1.29, 1.82) is 0 Å². The van der Waals surface area contributed by atoms with Gasteiger partial charge in [-0.1, -0.05) is 6.42 Å². The summed E-state index contributed by atoms with van der Waals surface area (Å²) in [6.45, 7) is 0. The molecule has 1 heterocycles. The Morgan fingerprint density at radius 3 is 2.91 bits per heavy atom. The smallest absolute Gasteiger partial charge is 0.200 e. The minimum atomic E-state index is 0.553. The summed E-state index contributed by atoms with van der Waals surface area (Å²) in [7, 11) is 0. The van der Waals surface area contributed by atoms with Gasteiger partial charge in [-0.2, -0.15) is 0 Å². The Balaban J connectivity index is 2.32. The Bertz CT molecular complexity index is 231. The Hall–Kier alpha value is -0.500. The molecule has 0 saturated heterocycles. The molecule has 60 valence electrons. The van der Waals surface area contributed by atoms with Gasteiger partial charge in [-0.3, -0.25) is 0 Å². The van der Waals surface area contributed by atoms with Gasteiger partial charge in [-0.15, -0.1) is 0 Å². The van der Waals surface area contributed by atoms with E-state index in [1.165, 1.54) is 30.7 Å². The van der Waals surface area contributed by atoms with Crippen molar-refractivity contribution >= 4 is 11.6 Å². The SMILES string of the molecule is Clc1nc2c([nH]1)CCCCC2. The van der Waals surface area contributed by atoms with Crippen LogP contribution in [-0.4, -0.2) is 9.97 Å². The van der Waals surface area contributed by atoms with Crippen molar-refractivity contribution in [2.45, 2.75) is 32.1 Å². The molecule has 0 saturated carbocycles. The molecule has 0 atom stereocenters. The number of aromatic nitrogens is 2. The highest BCUT2D eigenvalue weighted by Gasteiger charge is 2.11. The van der Waals surface area contributed by atoms with Gasteiger partial charge in [0, 0.05) is 5.69 Å². The molecule has 2 rings (SSSR count). The predicted molar refractivity (Wildman–Crippen MR) is 44.9 cm³/mol. The van der Waals surface area contributed by atoms with Crippen LogP contribution in [0.3, 0.4) is 0 Å². The summed E-state index contributed by atoms with van der Waals surface area (Å²) in [5.41, 5.74) is 2.44. The number of H-pyrrole nitrogens is 1. The first-order valence-corrected chi connectivity index (χ1v) is 4.47. The van der Waals surface area contributed by atoms with Crippen molar-refractivity contribution < 1.29 is 0 Å². The second-order valence-electron chi connectivity index (χ2n) is 3.01. The van der Waals surface area contributed by atoms with Gasteiger partial charge in [0.2, 0.25) is 0 Å². The fourth-order valence-electron chi connectivity index (χ4n) is 1.60. The average molecular weight is 171 g/mol. The van der Waals surface area contributed by atoms with Gasteiger partial charge in [0.15, 0.2) is 5.28 Å². The molecule has 0 bridgehead atoms. The van der Waals surface area contributed by atoms with Crippen LogP contribution >= 0.6 is 11.6 Å². The molecule has 1 N–H and O–H groups in total. The summed E-state index contributed by atoms with van der Waals surface area (Å²) in [5.74, 6) is 0. The van der Waals surface area contributed by atoms with Gasteiger partial charge < -0.3 is 4.98 Å². The summed E-state index contributed by atoms with van der Waals surface area (Å²) < 4.78 is 0. The van der Waals surface area contributed by atoms with Crippen LogP contribution in [0.25, 0.3) is 0 Å². The molecule has 0 radical (unpaired) electrons. The third-order valence-electron chi connectivity index (χ3n) is 2.18. The average Bonchev–Trinajstić information content (AvgIpc) is 2.17. The van der Waals surface area contributed by atoms with E-state index in [9.17, 15) is 0 Å². The lowest BCUT2D eigenvalue weighted by atomic mass is 10.2. The zero-order chi connectivity index (χ0) is 7.68. The third kappa shape index (κ3) is 1.41. The minimum absolute atomic E-state index is 0.553. The van der Waals surface area contributed by atoms with Crippen molar-refractivity contribution in [3.63, 3.8) is 0 Å². The molecule has 0 amide bonds. The second kappa shape index (κ2) is 2.86. The monoisotopic (exact) mass is 170 g/mol. The Morgan fingerprint density at radius 2 is 2.00 bits per heavy atom. The molecule has 1 aliphatic rings. The fraction of sp³-hybridized carbons (Fsp3) is 0.625. The molecular formula is C8H11ClN2. The van der Waals surface area contributed by atoms with Crippen LogP contribution in [0.1, 0.15) is 30.7 Å². The summed E-state index contributed by atoms with van der Waals surface area (Å²) in [4.78, 5) is 7.31. The quantitative estimate of drug-likeness (QED) is 0.595. The van der Waals surface area contributed by atoms with E-state index in [0.717, 1.165) is 12.8 Å². The van der Waals surface area contributed by atoms with E-state index in [4.69, 9.17) is 11.6 Å². The van der Waals surface area contributed by atoms with Crippen molar-refractivity contribution in [1.82, 2.24) is 9.97 Å². The van der Waals surface area contributed by atoms with E-state index >= 15 is 0 Å². The highest BCUT2D eigenvalue weighted by atomic mass is 35.5. The van der Waals surface area contributed by atoms with Crippen LogP contribution in [0, 0.1) is 0 Å². The molecule has 0 aliphatic heterocycles. The number of hydrogen-bond donors (Lipinski definition) is 1. The highest BCUT2D eigenvalue weighted by molar-refractivity contribution is 6.28. The van der Waals surface area contributed by atoms with Gasteiger partial charge in [0.05, 0.1) is 5.69 Å². The molecule has 2 nitrogen and oxygen atoms in total. The second-order valence-corrected chi connectivity index (χ2v) is 3.37. The number of nitrogens with one attached hydrogen (secondary N) is 1. The van der Waals surface area contributed by atoms with Crippen LogP contribution in [0.15, 0.2) is 0 Å². The number of imidazole rings is 1. The summed E-state index contributed by atoms with van der Waals surface area (Å²) >= 11 is 5.74. The lowest BCUT2D eigenvalue weighted by molar-refractivity contribution is 0.703. The lowest BCUT2D eigenvalue weighted by Crippen LogP contribution is -1.87. The largest absolute Gasteiger partial charge is 0.332 e. The number of fused-ring (bicyclic) bond motifs is 1. The van der Waals surface area contributed by atoms with Crippen molar-refractivity contribution in [3.05, 3.63) is 16.7 Å².